The Kier molecular flexibility index (Phi) is 4.25. The molecule has 2 aromatic rings. The molecule has 0 saturated carbocycles. The Balaban J connectivity index is 2.40. The molecule has 3 nitrogen and oxygen atoms in total. The van der Waals surface area contributed by atoms with Crippen molar-refractivity contribution in [2.45, 2.75) is 13.0 Å². The van der Waals surface area contributed by atoms with E-state index in [1.165, 1.54) is 18.2 Å². The molecule has 0 heterocycles. The fraction of sp³-hybridized carbons (Fsp3) is 0.133. The van der Waals surface area contributed by atoms with Gasteiger partial charge in [0, 0.05) is 16.3 Å². The second-order valence-electron chi connectivity index (χ2n) is 4.48. The summed E-state index contributed by atoms with van der Waals surface area (Å²) in [7, 11) is 0. The van der Waals surface area contributed by atoms with E-state index in [1.807, 2.05) is 25.1 Å². The molecule has 0 saturated heterocycles. The number of nitrogens with one attached hydrogen (secondary N) is 1. The van der Waals surface area contributed by atoms with E-state index in [-0.39, 0.29) is 10.6 Å². The summed E-state index contributed by atoms with van der Waals surface area (Å²) in [6.07, 6.45) is 0. The maximum atomic E-state index is 13.9. The summed E-state index contributed by atoms with van der Waals surface area (Å²) < 4.78 is 13.9. The highest BCUT2D eigenvalue weighted by Crippen LogP contribution is 2.28. The van der Waals surface area contributed by atoms with Gasteiger partial charge >= 0.3 is 0 Å². The topological polar surface area (TPSA) is 55.1 Å². The molecule has 1 atom stereocenters. The van der Waals surface area contributed by atoms with E-state index in [9.17, 15) is 9.18 Å². The zero-order valence-corrected chi connectivity index (χ0v) is 11.6. The van der Waals surface area contributed by atoms with Crippen molar-refractivity contribution >= 4 is 23.2 Å². The maximum Gasteiger partial charge on any atom is 0.244 e. The van der Waals surface area contributed by atoms with E-state index in [4.69, 9.17) is 17.3 Å². The molecule has 0 aliphatic carbocycles. The van der Waals surface area contributed by atoms with Gasteiger partial charge < -0.3 is 11.1 Å². The highest BCUT2D eigenvalue weighted by Gasteiger charge is 2.24. The summed E-state index contributed by atoms with van der Waals surface area (Å²) in [5.74, 6) is -1.26. The molecule has 1 amide bonds. The van der Waals surface area contributed by atoms with E-state index in [1.54, 1.807) is 6.07 Å². The first kappa shape index (κ1) is 14.3. The van der Waals surface area contributed by atoms with E-state index >= 15 is 0 Å². The Bertz CT molecular complexity index is 625. The second-order valence-corrected chi connectivity index (χ2v) is 4.89. The van der Waals surface area contributed by atoms with Crippen LogP contribution in [0.15, 0.2) is 42.5 Å². The van der Waals surface area contributed by atoms with Crippen LogP contribution in [0.3, 0.4) is 0 Å². The number of benzene rings is 2. The molecule has 0 bridgehead atoms. The Morgan fingerprint density at radius 3 is 2.60 bits per heavy atom. The van der Waals surface area contributed by atoms with Gasteiger partial charge in [-0.05, 0) is 36.8 Å². The lowest BCUT2D eigenvalue weighted by Crippen LogP contribution is -2.28. The predicted octanol–water partition coefficient (Wildman–Crippen LogP) is 3.43. The van der Waals surface area contributed by atoms with Crippen LogP contribution in [0.1, 0.15) is 17.2 Å². The van der Waals surface area contributed by atoms with Crippen molar-refractivity contribution in [3.63, 3.8) is 0 Å². The van der Waals surface area contributed by atoms with Crippen LogP contribution in [0.5, 0.6) is 0 Å². The van der Waals surface area contributed by atoms with Crippen LogP contribution < -0.4 is 11.1 Å². The zero-order chi connectivity index (χ0) is 14.7. The van der Waals surface area contributed by atoms with Gasteiger partial charge in [0.15, 0.2) is 0 Å². The zero-order valence-electron chi connectivity index (χ0n) is 10.9. The molecule has 0 fully saturated rings. The van der Waals surface area contributed by atoms with Crippen LogP contribution in [0.2, 0.25) is 5.02 Å². The Morgan fingerprint density at radius 1 is 1.30 bits per heavy atom. The summed E-state index contributed by atoms with van der Waals surface area (Å²) in [4.78, 5) is 11.6. The number of primary amides is 1. The predicted molar refractivity (Wildman–Crippen MR) is 78.1 cm³/mol. The molecule has 1 unspecified atom stereocenters. The molecule has 0 aliphatic rings. The molecule has 2 rings (SSSR count). The molecule has 0 aliphatic heterocycles. The van der Waals surface area contributed by atoms with Gasteiger partial charge in [-0.25, -0.2) is 4.39 Å². The molecular weight excluding hydrogens is 279 g/mol. The summed E-state index contributed by atoms with van der Waals surface area (Å²) in [6.45, 7) is 1.92. The van der Waals surface area contributed by atoms with Gasteiger partial charge in [0.1, 0.15) is 11.9 Å². The first-order valence-electron chi connectivity index (χ1n) is 6.05. The fourth-order valence-electron chi connectivity index (χ4n) is 1.97. The van der Waals surface area contributed by atoms with Crippen molar-refractivity contribution < 1.29 is 9.18 Å². The number of carbonyl (C=O) groups is 1. The van der Waals surface area contributed by atoms with Gasteiger partial charge in [-0.15, -0.1) is 0 Å². The van der Waals surface area contributed by atoms with Crippen LogP contribution in [-0.2, 0) is 4.79 Å². The van der Waals surface area contributed by atoms with Crippen LogP contribution in [-0.4, -0.2) is 5.91 Å². The van der Waals surface area contributed by atoms with Gasteiger partial charge in [0.05, 0.1) is 0 Å². The number of halogens is 2. The molecule has 5 heteroatoms. The lowest BCUT2D eigenvalue weighted by molar-refractivity contribution is -0.118. The minimum Gasteiger partial charge on any atom is -0.370 e. The number of hydrogen-bond acceptors (Lipinski definition) is 2. The van der Waals surface area contributed by atoms with Crippen LogP contribution >= 0.6 is 11.6 Å². The van der Waals surface area contributed by atoms with Crippen molar-refractivity contribution in [3.8, 4) is 0 Å². The quantitative estimate of drug-likeness (QED) is 0.907. The van der Waals surface area contributed by atoms with Crippen molar-refractivity contribution in [2.75, 3.05) is 5.32 Å². The molecule has 104 valence electrons. The minimum absolute atomic E-state index is 0.0585. The number of aryl methyl sites for hydroxylation is 1. The molecule has 0 spiro atoms. The number of carbonyl (C=O) groups excluding carboxylic acids is 1. The first-order chi connectivity index (χ1) is 9.49. The normalized spacial score (nSPS) is 11.9. The van der Waals surface area contributed by atoms with E-state index in [2.05, 4.69) is 5.32 Å². The number of amides is 1. The number of nitrogens with two attached hydrogens (primary N) is 1. The molecule has 2 aromatic carbocycles. The molecule has 20 heavy (non-hydrogen) atoms. The van der Waals surface area contributed by atoms with Crippen molar-refractivity contribution in [3.05, 3.63) is 64.4 Å². The van der Waals surface area contributed by atoms with Crippen molar-refractivity contribution in [2.24, 2.45) is 5.73 Å². The van der Waals surface area contributed by atoms with Gasteiger partial charge in [-0.2, -0.15) is 0 Å². The third kappa shape index (κ3) is 3.08. The second kappa shape index (κ2) is 5.92. The SMILES string of the molecule is Cc1cccc(NC(C(N)=O)c2c(F)cccc2Cl)c1. The van der Waals surface area contributed by atoms with Crippen LogP contribution in [0.25, 0.3) is 0 Å². The molecule has 0 radical (unpaired) electrons. The summed E-state index contributed by atoms with van der Waals surface area (Å²) in [5.41, 5.74) is 7.11. The van der Waals surface area contributed by atoms with Gasteiger partial charge in [0.2, 0.25) is 5.91 Å². The monoisotopic (exact) mass is 292 g/mol. The first-order valence-corrected chi connectivity index (χ1v) is 6.43. The average molecular weight is 293 g/mol. The lowest BCUT2D eigenvalue weighted by atomic mass is 10.0. The van der Waals surface area contributed by atoms with Crippen molar-refractivity contribution in [1.29, 1.82) is 0 Å². The third-order valence-corrected chi connectivity index (χ3v) is 3.23. The van der Waals surface area contributed by atoms with E-state index < -0.39 is 17.8 Å². The van der Waals surface area contributed by atoms with Crippen LogP contribution in [0.4, 0.5) is 10.1 Å². The summed E-state index contributed by atoms with van der Waals surface area (Å²) in [6, 6.07) is 10.6. The number of anilines is 1. The molecule has 3 N–H and O–H groups in total. The highest BCUT2D eigenvalue weighted by molar-refractivity contribution is 6.31. The minimum atomic E-state index is -1.02. The summed E-state index contributed by atoms with van der Waals surface area (Å²) in [5, 5.41) is 3.08. The average Bonchev–Trinajstić information content (AvgIpc) is 2.37. The highest BCUT2D eigenvalue weighted by atomic mass is 35.5. The standard InChI is InChI=1S/C15H14ClFN2O/c1-9-4-2-5-10(8-9)19-14(15(18)20)13-11(16)6-3-7-12(13)17/h2-8,14,19H,1H3,(H2,18,20). The largest absolute Gasteiger partial charge is 0.370 e. The van der Waals surface area contributed by atoms with Crippen molar-refractivity contribution in [1.82, 2.24) is 0 Å². The fourth-order valence-corrected chi connectivity index (χ4v) is 2.25. The van der Waals surface area contributed by atoms with Gasteiger partial charge in [0.25, 0.3) is 0 Å². The Morgan fingerprint density at radius 2 is 2.00 bits per heavy atom. The van der Waals surface area contributed by atoms with E-state index in [0.29, 0.717) is 5.69 Å². The van der Waals surface area contributed by atoms with Gasteiger partial charge in [-0.1, -0.05) is 29.8 Å². The molecular formula is C15H14ClFN2O. The van der Waals surface area contributed by atoms with Gasteiger partial charge in [-0.3, -0.25) is 4.79 Å². The third-order valence-electron chi connectivity index (χ3n) is 2.90. The smallest absolute Gasteiger partial charge is 0.244 e. The van der Waals surface area contributed by atoms with Crippen LogP contribution in [0, 0.1) is 12.7 Å². The number of hydrogen-bond donors (Lipinski definition) is 2. The maximum absolute atomic E-state index is 13.9. The van der Waals surface area contributed by atoms with E-state index in [0.717, 1.165) is 5.56 Å². The summed E-state index contributed by atoms with van der Waals surface area (Å²) >= 11 is 5.98. The molecule has 0 aromatic heterocycles. The lowest BCUT2D eigenvalue weighted by Gasteiger charge is -2.19. The number of rotatable bonds is 4. The Hall–Kier alpha value is -2.07. The Labute approximate surface area is 121 Å².